The van der Waals surface area contributed by atoms with Gasteiger partial charge in [0.25, 0.3) is 0 Å². The van der Waals surface area contributed by atoms with E-state index in [1.165, 1.54) is 23.9 Å². The zero-order chi connectivity index (χ0) is 17.9. The van der Waals surface area contributed by atoms with Crippen LogP contribution in [0.1, 0.15) is 32.1 Å². The van der Waals surface area contributed by atoms with Crippen molar-refractivity contribution in [3.05, 3.63) is 52.7 Å². The van der Waals surface area contributed by atoms with Crippen LogP contribution >= 0.6 is 11.8 Å². The molecule has 1 heterocycles. The van der Waals surface area contributed by atoms with E-state index >= 15 is 0 Å². The van der Waals surface area contributed by atoms with Crippen LogP contribution in [0.4, 0.5) is 4.39 Å². The number of hydrogen-bond acceptors (Lipinski definition) is 5. The highest BCUT2D eigenvalue weighted by Crippen LogP contribution is 2.49. The van der Waals surface area contributed by atoms with Crippen molar-refractivity contribution >= 4 is 11.8 Å². The van der Waals surface area contributed by atoms with Gasteiger partial charge in [-0.3, -0.25) is 0 Å². The van der Waals surface area contributed by atoms with Crippen molar-refractivity contribution in [2.24, 2.45) is 11.1 Å². The van der Waals surface area contributed by atoms with E-state index in [1.54, 1.807) is 12.1 Å². The molecule has 128 valence electrons. The Bertz CT molecular complexity index is 805. The van der Waals surface area contributed by atoms with Crippen molar-refractivity contribution in [1.82, 2.24) is 5.32 Å². The molecule has 1 spiro atoms. The van der Waals surface area contributed by atoms with E-state index in [0.29, 0.717) is 22.7 Å². The third-order valence-corrected chi connectivity index (χ3v) is 6.01. The molecule has 0 saturated heterocycles. The molecule has 1 aliphatic heterocycles. The third-order valence-electron chi connectivity index (χ3n) is 4.97. The molecule has 1 aromatic rings. The molecule has 1 aromatic carbocycles. The van der Waals surface area contributed by atoms with Crippen molar-refractivity contribution in [2.75, 3.05) is 5.75 Å². The monoisotopic (exact) mass is 354 g/mol. The number of nitriles is 2. The number of thioether (sulfide) groups is 1. The molecule has 1 fully saturated rings. The van der Waals surface area contributed by atoms with E-state index in [1.807, 2.05) is 0 Å². The Balaban J connectivity index is 1.93. The number of nitrogens with one attached hydrogen (secondary N) is 1. The number of hydrogen-bond donors (Lipinski definition) is 2. The third kappa shape index (κ3) is 3.23. The van der Waals surface area contributed by atoms with Crippen LogP contribution in [0.15, 0.2) is 51.8 Å². The molecule has 1 aliphatic carbocycles. The maximum absolute atomic E-state index is 13.0. The molecule has 0 atom stereocenters. The van der Waals surface area contributed by atoms with Gasteiger partial charge in [0.2, 0.25) is 0 Å². The standard InChI is InChI=1S/C19H19FN4S/c20-13-4-6-14(7-5-13)25-12-17-15(10-21)19(8-2-1-3-9-19)18(23)16(11-22)24-17/h4-7,24H,1-3,8-9,12,23H2. The predicted octanol–water partition coefficient (Wildman–Crippen LogP) is 3.94. The van der Waals surface area contributed by atoms with Crippen molar-refractivity contribution < 1.29 is 4.39 Å². The van der Waals surface area contributed by atoms with Crippen LogP contribution in [-0.4, -0.2) is 5.75 Å². The predicted molar refractivity (Wildman–Crippen MR) is 95.2 cm³/mol. The summed E-state index contributed by atoms with van der Waals surface area (Å²) in [5, 5.41) is 22.3. The summed E-state index contributed by atoms with van der Waals surface area (Å²) in [6.45, 7) is 0. The summed E-state index contributed by atoms with van der Waals surface area (Å²) >= 11 is 1.50. The number of nitrogens with zero attached hydrogens (tertiary/aromatic N) is 2. The Morgan fingerprint density at radius 2 is 1.80 bits per heavy atom. The quantitative estimate of drug-likeness (QED) is 0.803. The smallest absolute Gasteiger partial charge is 0.137 e. The molecule has 4 nitrogen and oxygen atoms in total. The summed E-state index contributed by atoms with van der Waals surface area (Å²) in [5.74, 6) is 0.232. The van der Waals surface area contributed by atoms with Crippen LogP contribution in [0.3, 0.4) is 0 Å². The number of allylic oxidation sites excluding steroid dienone is 2. The highest BCUT2D eigenvalue weighted by Gasteiger charge is 2.44. The van der Waals surface area contributed by atoms with Gasteiger partial charge < -0.3 is 11.1 Å². The second kappa shape index (κ2) is 7.21. The molecule has 3 rings (SSSR count). The molecule has 0 bridgehead atoms. The fraction of sp³-hybridized carbons (Fsp3) is 0.368. The van der Waals surface area contributed by atoms with Gasteiger partial charge in [0.05, 0.1) is 17.3 Å². The maximum atomic E-state index is 13.0. The molecule has 1 saturated carbocycles. The van der Waals surface area contributed by atoms with Gasteiger partial charge in [-0.2, -0.15) is 10.5 Å². The van der Waals surface area contributed by atoms with Crippen molar-refractivity contribution in [3.63, 3.8) is 0 Å². The molecule has 0 unspecified atom stereocenters. The van der Waals surface area contributed by atoms with Crippen molar-refractivity contribution in [1.29, 1.82) is 10.5 Å². The van der Waals surface area contributed by atoms with Crippen LogP contribution in [-0.2, 0) is 0 Å². The number of nitrogens with two attached hydrogens (primary N) is 1. The van der Waals surface area contributed by atoms with Crippen molar-refractivity contribution in [2.45, 2.75) is 37.0 Å². The first kappa shape index (κ1) is 17.4. The minimum Gasteiger partial charge on any atom is -0.399 e. The average Bonchev–Trinajstić information content (AvgIpc) is 2.65. The highest BCUT2D eigenvalue weighted by molar-refractivity contribution is 7.99. The average molecular weight is 354 g/mol. The zero-order valence-electron chi connectivity index (χ0n) is 13.8. The molecular formula is C19H19FN4S. The van der Waals surface area contributed by atoms with Crippen molar-refractivity contribution in [3.8, 4) is 12.1 Å². The second-order valence-corrected chi connectivity index (χ2v) is 7.42. The number of rotatable bonds is 3. The first-order valence-corrected chi connectivity index (χ1v) is 9.29. The van der Waals surface area contributed by atoms with E-state index in [4.69, 9.17) is 5.73 Å². The molecular weight excluding hydrogens is 335 g/mol. The van der Waals surface area contributed by atoms with Crippen LogP contribution in [0.2, 0.25) is 0 Å². The van der Waals surface area contributed by atoms with Crippen LogP contribution in [0, 0.1) is 33.9 Å². The maximum Gasteiger partial charge on any atom is 0.137 e. The van der Waals surface area contributed by atoms with Gasteiger partial charge in [-0.15, -0.1) is 11.8 Å². The minimum absolute atomic E-state index is 0.277. The van der Waals surface area contributed by atoms with Gasteiger partial charge in [-0.1, -0.05) is 19.3 Å². The molecule has 0 amide bonds. The van der Waals surface area contributed by atoms with Gasteiger partial charge in [-0.05, 0) is 37.1 Å². The lowest BCUT2D eigenvalue weighted by atomic mass is 9.65. The number of halogens is 1. The lowest BCUT2D eigenvalue weighted by Gasteiger charge is -2.41. The number of benzene rings is 1. The van der Waals surface area contributed by atoms with Gasteiger partial charge in [-0.25, -0.2) is 4.39 Å². The Labute approximate surface area is 151 Å². The van der Waals surface area contributed by atoms with E-state index in [9.17, 15) is 14.9 Å². The molecule has 6 heteroatoms. The van der Waals surface area contributed by atoms with Gasteiger partial charge in [0.15, 0.2) is 0 Å². The van der Waals surface area contributed by atoms with Gasteiger partial charge in [0, 0.05) is 21.8 Å². The lowest BCUT2D eigenvalue weighted by molar-refractivity contribution is 0.283. The summed E-state index contributed by atoms with van der Waals surface area (Å²) in [5.41, 5.74) is 8.05. The van der Waals surface area contributed by atoms with E-state index in [-0.39, 0.29) is 5.82 Å². The molecule has 0 radical (unpaired) electrons. The van der Waals surface area contributed by atoms with E-state index in [0.717, 1.165) is 42.7 Å². The first-order valence-electron chi connectivity index (χ1n) is 8.30. The van der Waals surface area contributed by atoms with E-state index < -0.39 is 5.41 Å². The molecule has 25 heavy (non-hydrogen) atoms. The Morgan fingerprint density at radius 1 is 1.12 bits per heavy atom. The SMILES string of the molecule is N#CC1=C(N)C2(CCCCC2)C(C#N)=C(CSc2ccc(F)cc2)N1. The van der Waals surface area contributed by atoms with Gasteiger partial charge >= 0.3 is 0 Å². The normalized spacial score (nSPS) is 19.3. The van der Waals surface area contributed by atoms with Crippen LogP contribution in [0.5, 0.6) is 0 Å². The fourth-order valence-electron chi connectivity index (χ4n) is 3.68. The summed E-state index contributed by atoms with van der Waals surface area (Å²) in [7, 11) is 0. The summed E-state index contributed by atoms with van der Waals surface area (Å²) in [4.78, 5) is 0.909. The largest absolute Gasteiger partial charge is 0.399 e. The zero-order valence-corrected chi connectivity index (χ0v) is 14.6. The van der Waals surface area contributed by atoms with Gasteiger partial charge in [0.1, 0.15) is 17.6 Å². The molecule has 2 aliphatic rings. The van der Waals surface area contributed by atoms with Crippen LogP contribution < -0.4 is 11.1 Å². The summed E-state index contributed by atoms with van der Waals surface area (Å²) in [6, 6.07) is 10.7. The fourth-order valence-corrected chi connectivity index (χ4v) is 4.53. The Hall–Kier alpha value is -2.44. The topological polar surface area (TPSA) is 85.6 Å². The Morgan fingerprint density at radius 3 is 2.40 bits per heavy atom. The number of dihydropyridines is 1. The molecule has 3 N–H and O–H groups in total. The highest BCUT2D eigenvalue weighted by atomic mass is 32.2. The summed E-state index contributed by atoms with van der Waals surface area (Å²) in [6.07, 6.45) is 4.74. The summed E-state index contributed by atoms with van der Waals surface area (Å²) < 4.78 is 13.0. The lowest BCUT2D eigenvalue weighted by Crippen LogP contribution is -2.41. The Kier molecular flexibility index (Phi) is 5.01. The van der Waals surface area contributed by atoms with Crippen LogP contribution in [0.25, 0.3) is 0 Å². The van der Waals surface area contributed by atoms with E-state index in [2.05, 4.69) is 17.5 Å². The minimum atomic E-state index is -0.512. The second-order valence-electron chi connectivity index (χ2n) is 6.38. The first-order chi connectivity index (χ1) is 12.1. The molecule has 0 aromatic heterocycles.